The lowest BCUT2D eigenvalue weighted by Crippen LogP contribution is -2.42. The average molecular weight is 197 g/mol. The molecule has 1 rings (SSSR count). The monoisotopic (exact) mass is 197 g/mol. The molecular formula is C13H27N. The summed E-state index contributed by atoms with van der Waals surface area (Å²) in [6.45, 7) is 9.27. The Morgan fingerprint density at radius 2 is 1.50 bits per heavy atom. The van der Waals surface area contributed by atoms with Gasteiger partial charge in [-0.25, -0.2) is 0 Å². The molecule has 1 aliphatic rings. The minimum Gasteiger partial charge on any atom is -0.311 e. The van der Waals surface area contributed by atoms with Crippen LogP contribution in [0.1, 0.15) is 59.8 Å². The predicted molar refractivity (Wildman–Crippen MR) is 63.5 cm³/mol. The van der Waals surface area contributed by atoms with E-state index in [0.29, 0.717) is 12.1 Å². The van der Waals surface area contributed by atoms with Crippen molar-refractivity contribution in [2.24, 2.45) is 11.8 Å². The standard InChI is InChI=1S/C13H27N/c1-10(2)11(3)14-12(4)13-8-6-5-7-9-13/h10-14H,5-9H2,1-4H3/t11?,12-/m1/s1. The number of rotatable bonds is 4. The zero-order chi connectivity index (χ0) is 10.6. The van der Waals surface area contributed by atoms with E-state index in [9.17, 15) is 0 Å². The Morgan fingerprint density at radius 3 is 2.00 bits per heavy atom. The summed E-state index contributed by atoms with van der Waals surface area (Å²) in [7, 11) is 0. The molecule has 0 heterocycles. The van der Waals surface area contributed by atoms with Gasteiger partial charge in [-0.1, -0.05) is 33.1 Å². The third-order valence-electron chi connectivity index (χ3n) is 3.88. The van der Waals surface area contributed by atoms with Crippen LogP contribution in [0.3, 0.4) is 0 Å². The molecule has 84 valence electrons. The molecule has 0 aliphatic heterocycles. The van der Waals surface area contributed by atoms with Gasteiger partial charge in [0.05, 0.1) is 0 Å². The van der Waals surface area contributed by atoms with E-state index >= 15 is 0 Å². The summed E-state index contributed by atoms with van der Waals surface area (Å²) < 4.78 is 0. The number of hydrogen-bond donors (Lipinski definition) is 1. The van der Waals surface area contributed by atoms with E-state index < -0.39 is 0 Å². The van der Waals surface area contributed by atoms with E-state index in [1.165, 1.54) is 32.1 Å². The fourth-order valence-electron chi connectivity index (χ4n) is 2.38. The third kappa shape index (κ3) is 3.61. The molecule has 0 aromatic carbocycles. The quantitative estimate of drug-likeness (QED) is 0.726. The van der Waals surface area contributed by atoms with Crippen molar-refractivity contribution >= 4 is 0 Å². The van der Waals surface area contributed by atoms with Gasteiger partial charge in [0.15, 0.2) is 0 Å². The summed E-state index contributed by atoms with van der Waals surface area (Å²) in [5.74, 6) is 1.69. The molecule has 1 aliphatic carbocycles. The lowest BCUT2D eigenvalue weighted by molar-refractivity contribution is 0.252. The number of hydrogen-bond acceptors (Lipinski definition) is 1. The molecule has 1 N–H and O–H groups in total. The van der Waals surface area contributed by atoms with Crippen molar-refractivity contribution < 1.29 is 0 Å². The van der Waals surface area contributed by atoms with Gasteiger partial charge in [-0.05, 0) is 38.5 Å². The molecule has 1 nitrogen and oxygen atoms in total. The topological polar surface area (TPSA) is 12.0 Å². The van der Waals surface area contributed by atoms with Crippen molar-refractivity contribution in [3.8, 4) is 0 Å². The van der Waals surface area contributed by atoms with E-state index in [4.69, 9.17) is 0 Å². The summed E-state index contributed by atoms with van der Waals surface area (Å²) in [5, 5.41) is 3.75. The van der Waals surface area contributed by atoms with Gasteiger partial charge >= 0.3 is 0 Å². The van der Waals surface area contributed by atoms with Gasteiger partial charge < -0.3 is 5.32 Å². The molecule has 0 aromatic rings. The molecule has 0 saturated heterocycles. The maximum absolute atomic E-state index is 3.75. The third-order valence-corrected chi connectivity index (χ3v) is 3.88. The van der Waals surface area contributed by atoms with Crippen molar-refractivity contribution in [1.82, 2.24) is 5.32 Å². The minimum absolute atomic E-state index is 0.659. The van der Waals surface area contributed by atoms with Crippen LogP contribution in [0.4, 0.5) is 0 Å². The molecular weight excluding hydrogens is 170 g/mol. The second-order valence-corrected chi connectivity index (χ2v) is 5.39. The fraction of sp³-hybridized carbons (Fsp3) is 1.00. The second-order valence-electron chi connectivity index (χ2n) is 5.39. The highest BCUT2D eigenvalue weighted by Crippen LogP contribution is 2.26. The highest BCUT2D eigenvalue weighted by molar-refractivity contribution is 4.78. The summed E-state index contributed by atoms with van der Waals surface area (Å²) in [6.07, 6.45) is 7.25. The molecule has 1 heteroatoms. The van der Waals surface area contributed by atoms with Gasteiger partial charge in [0.25, 0.3) is 0 Å². The summed E-state index contributed by atoms with van der Waals surface area (Å²) >= 11 is 0. The van der Waals surface area contributed by atoms with Crippen molar-refractivity contribution in [3.05, 3.63) is 0 Å². The molecule has 0 aromatic heterocycles. The zero-order valence-electron chi connectivity index (χ0n) is 10.3. The molecule has 1 fully saturated rings. The van der Waals surface area contributed by atoms with Crippen molar-refractivity contribution in [3.63, 3.8) is 0 Å². The van der Waals surface area contributed by atoms with Crippen LogP contribution in [0.15, 0.2) is 0 Å². The van der Waals surface area contributed by atoms with E-state index in [0.717, 1.165) is 11.8 Å². The first kappa shape index (κ1) is 12.0. The van der Waals surface area contributed by atoms with Crippen LogP contribution in [-0.2, 0) is 0 Å². The predicted octanol–water partition coefficient (Wildman–Crippen LogP) is 3.59. The molecule has 0 amide bonds. The van der Waals surface area contributed by atoms with Crippen LogP contribution in [0, 0.1) is 11.8 Å². The normalized spacial score (nSPS) is 23.8. The molecule has 0 radical (unpaired) electrons. The van der Waals surface area contributed by atoms with Crippen molar-refractivity contribution in [2.75, 3.05) is 0 Å². The second kappa shape index (κ2) is 5.75. The Morgan fingerprint density at radius 1 is 0.929 bits per heavy atom. The SMILES string of the molecule is CC(C)C(C)N[C@H](C)C1CCCCC1. The van der Waals surface area contributed by atoms with Crippen LogP contribution in [0.25, 0.3) is 0 Å². The first-order chi connectivity index (χ1) is 6.61. The maximum atomic E-state index is 3.75. The van der Waals surface area contributed by atoms with Crippen molar-refractivity contribution in [2.45, 2.75) is 71.9 Å². The molecule has 0 bridgehead atoms. The van der Waals surface area contributed by atoms with Gasteiger partial charge in [0.1, 0.15) is 0 Å². The van der Waals surface area contributed by atoms with Gasteiger partial charge in [-0.15, -0.1) is 0 Å². The molecule has 14 heavy (non-hydrogen) atoms. The van der Waals surface area contributed by atoms with Crippen LogP contribution in [0.2, 0.25) is 0 Å². The molecule has 2 atom stereocenters. The molecule has 1 unspecified atom stereocenters. The van der Waals surface area contributed by atoms with E-state index in [1.807, 2.05) is 0 Å². The Hall–Kier alpha value is -0.0400. The number of nitrogens with one attached hydrogen (secondary N) is 1. The van der Waals surface area contributed by atoms with Crippen LogP contribution < -0.4 is 5.32 Å². The Labute approximate surface area is 89.7 Å². The lowest BCUT2D eigenvalue weighted by atomic mass is 9.84. The van der Waals surface area contributed by atoms with Gasteiger partial charge in [-0.2, -0.15) is 0 Å². The molecule has 0 spiro atoms. The Kier molecular flexibility index (Phi) is 4.94. The van der Waals surface area contributed by atoms with Crippen LogP contribution in [-0.4, -0.2) is 12.1 Å². The van der Waals surface area contributed by atoms with Crippen molar-refractivity contribution in [1.29, 1.82) is 0 Å². The maximum Gasteiger partial charge on any atom is 0.00695 e. The summed E-state index contributed by atoms with van der Waals surface area (Å²) in [5.41, 5.74) is 0. The highest BCUT2D eigenvalue weighted by Gasteiger charge is 2.21. The smallest absolute Gasteiger partial charge is 0.00695 e. The lowest BCUT2D eigenvalue weighted by Gasteiger charge is -2.31. The molecule has 1 saturated carbocycles. The summed E-state index contributed by atoms with van der Waals surface area (Å²) in [6, 6.07) is 1.37. The Bertz CT molecular complexity index is 147. The van der Waals surface area contributed by atoms with E-state index in [2.05, 4.69) is 33.0 Å². The van der Waals surface area contributed by atoms with E-state index in [-0.39, 0.29) is 0 Å². The summed E-state index contributed by atoms with van der Waals surface area (Å²) in [4.78, 5) is 0. The van der Waals surface area contributed by atoms with Gasteiger partial charge in [0, 0.05) is 12.1 Å². The van der Waals surface area contributed by atoms with Gasteiger partial charge in [0.2, 0.25) is 0 Å². The minimum atomic E-state index is 0.659. The van der Waals surface area contributed by atoms with Gasteiger partial charge in [-0.3, -0.25) is 0 Å². The van der Waals surface area contributed by atoms with Crippen LogP contribution in [0.5, 0.6) is 0 Å². The average Bonchev–Trinajstić information content (AvgIpc) is 2.19. The Balaban J connectivity index is 2.28. The largest absolute Gasteiger partial charge is 0.311 e. The highest BCUT2D eigenvalue weighted by atomic mass is 14.9. The van der Waals surface area contributed by atoms with Crippen LogP contribution >= 0.6 is 0 Å². The first-order valence-electron chi connectivity index (χ1n) is 6.37. The fourth-order valence-corrected chi connectivity index (χ4v) is 2.38. The van der Waals surface area contributed by atoms with E-state index in [1.54, 1.807) is 0 Å². The zero-order valence-corrected chi connectivity index (χ0v) is 10.3. The first-order valence-corrected chi connectivity index (χ1v) is 6.37.